The quantitative estimate of drug-likeness (QED) is 0.869. The van der Waals surface area contributed by atoms with Crippen LogP contribution in [-0.4, -0.2) is 38.0 Å². The summed E-state index contributed by atoms with van der Waals surface area (Å²) in [6.07, 6.45) is 2.13. The van der Waals surface area contributed by atoms with Crippen LogP contribution in [-0.2, 0) is 4.74 Å². The predicted molar refractivity (Wildman–Crippen MR) is 82.5 cm³/mol. The van der Waals surface area contributed by atoms with Crippen LogP contribution in [0, 0.1) is 0 Å². The molecule has 4 heteroatoms. The number of hydrogen-bond acceptors (Lipinski definition) is 4. The summed E-state index contributed by atoms with van der Waals surface area (Å²) >= 11 is 0. The fourth-order valence-corrected chi connectivity index (χ4v) is 2.57. The summed E-state index contributed by atoms with van der Waals surface area (Å²) in [5, 5.41) is 13.7. The number of phenols is 1. The molecule has 1 saturated heterocycles. The first-order valence-electron chi connectivity index (χ1n) is 7.61. The molecule has 0 aromatic heterocycles. The lowest BCUT2D eigenvalue weighted by Gasteiger charge is -2.23. The zero-order valence-corrected chi connectivity index (χ0v) is 12.6. The molecule has 0 aliphatic carbocycles. The molecule has 1 fully saturated rings. The van der Waals surface area contributed by atoms with Gasteiger partial charge in [-0.3, -0.25) is 0 Å². The van der Waals surface area contributed by atoms with Crippen molar-refractivity contribution in [3.05, 3.63) is 23.8 Å². The minimum atomic E-state index is 0.177. The number of benzene rings is 1. The molecule has 1 atom stereocenters. The van der Waals surface area contributed by atoms with E-state index in [1.807, 2.05) is 12.1 Å². The predicted octanol–water partition coefficient (Wildman–Crippen LogP) is 2.68. The smallest absolute Gasteiger partial charge is 0.122 e. The highest BCUT2D eigenvalue weighted by Gasteiger charge is 2.14. The fourth-order valence-electron chi connectivity index (χ4n) is 2.57. The molecule has 1 unspecified atom stereocenters. The molecule has 4 nitrogen and oxygen atoms in total. The summed E-state index contributed by atoms with van der Waals surface area (Å²) in [7, 11) is 0. The van der Waals surface area contributed by atoms with E-state index in [-0.39, 0.29) is 6.04 Å². The molecule has 0 spiro atoms. The van der Waals surface area contributed by atoms with E-state index in [1.54, 1.807) is 0 Å². The molecular formula is C16H26N2O2. The highest BCUT2D eigenvalue weighted by Crippen LogP contribution is 2.29. The molecule has 2 N–H and O–H groups in total. The average molecular weight is 278 g/mol. The van der Waals surface area contributed by atoms with Gasteiger partial charge in [-0.05, 0) is 32.4 Å². The van der Waals surface area contributed by atoms with Crippen molar-refractivity contribution in [2.75, 3.05) is 37.7 Å². The normalized spacial score (nSPS) is 17.8. The Labute approximate surface area is 121 Å². The van der Waals surface area contributed by atoms with E-state index < -0.39 is 0 Å². The van der Waals surface area contributed by atoms with Crippen molar-refractivity contribution < 1.29 is 9.84 Å². The molecule has 20 heavy (non-hydrogen) atoms. The Morgan fingerprint density at radius 2 is 2.20 bits per heavy atom. The largest absolute Gasteiger partial charge is 0.508 e. The average Bonchev–Trinajstić information content (AvgIpc) is 2.73. The molecular weight excluding hydrogens is 252 g/mol. The van der Waals surface area contributed by atoms with Crippen molar-refractivity contribution in [2.45, 2.75) is 32.7 Å². The Hall–Kier alpha value is -1.26. The van der Waals surface area contributed by atoms with Gasteiger partial charge >= 0.3 is 0 Å². The maximum Gasteiger partial charge on any atom is 0.122 e. The fraction of sp³-hybridized carbons (Fsp3) is 0.625. The van der Waals surface area contributed by atoms with Crippen LogP contribution in [0.1, 0.15) is 38.3 Å². The van der Waals surface area contributed by atoms with Crippen molar-refractivity contribution in [2.24, 2.45) is 0 Å². The second kappa shape index (κ2) is 7.50. The topological polar surface area (TPSA) is 44.7 Å². The van der Waals surface area contributed by atoms with E-state index in [2.05, 4.69) is 30.1 Å². The Balaban J connectivity index is 2.08. The van der Waals surface area contributed by atoms with Crippen LogP contribution in [0.2, 0.25) is 0 Å². The molecule has 0 amide bonds. The van der Waals surface area contributed by atoms with E-state index >= 15 is 0 Å². The number of anilines is 1. The van der Waals surface area contributed by atoms with Gasteiger partial charge in [0.25, 0.3) is 0 Å². The van der Waals surface area contributed by atoms with Crippen LogP contribution < -0.4 is 10.2 Å². The van der Waals surface area contributed by atoms with Gasteiger partial charge in [-0.15, -0.1) is 0 Å². The van der Waals surface area contributed by atoms with Crippen LogP contribution >= 0.6 is 0 Å². The molecule has 0 bridgehead atoms. The summed E-state index contributed by atoms with van der Waals surface area (Å²) in [6.45, 7) is 8.67. The lowest BCUT2D eigenvalue weighted by Crippen LogP contribution is -2.26. The molecule has 1 aromatic rings. The van der Waals surface area contributed by atoms with E-state index in [0.717, 1.165) is 56.9 Å². The maximum atomic E-state index is 10.3. The monoisotopic (exact) mass is 278 g/mol. The molecule has 1 aromatic carbocycles. The van der Waals surface area contributed by atoms with Gasteiger partial charge in [-0.25, -0.2) is 0 Å². The summed E-state index contributed by atoms with van der Waals surface area (Å²) in [5.41, 5.74) is 2.05. The Morgan fingerprint density at radius 1 is 1.35 bits per heavy atom. The molecule has 2 rings (SSSR count). The highest BCUT2D eigenvalue weighted by molar-refractivity contribution is 5.54. The number of nitrogens with zero attached hydrogens (tertiary/aromatic N) is 1. The molecule has 1 heterocycles. The minimum absolute atomic E-state index is 0.177. The van der Waals surface area contributed by atoms with E-state index in [9.17, 15) is 5.11 Å². The molecule has 112 valence electrons. The first-order chi connectivity index (χ1) is 9.72. The molecule has 1 aliphatic rings. The van der Waals surface area contributed by atoms with Gasteiger partial charge in [0.1, 0.15) is 5.75 Å². The first-order valence-corrected chi connectivity index (χ1v) is 7.61. The molecule has 1 aliphatic heterocycles. The van der Waals surface area contributed by atoms with Crippen LogP contribution in [0.4, 0.5) is 5.69 Å². The van der Waals surface area contributed by atoms with Gasteiger partial charge in [0.05, 0.1) is 6.61 Å². The van der Waals surface area contributed by atoms with Crippen molar-refractivity contribution >= 4 is 5.69 Å². The second-order valence-electron chi connectivity index (χ2n) is 5.37. The van der Waals surface area contributed by atoms with Gasteiger partial charge in [0, 0.05) is 43.1 Å². The van der Waals surface area contributed by atoms with Gasteiger partial charge in [-0.2, -0.15) is 0 Å². The van der Waals surface area contributed by atoms with E-state index in [1.165, 1.54) is 0 Å². The summed E-state index contributed by atoms with van der Waals surface area (Å²) in [5.74, 6) is 0.378. The maximum absolute atomic E-state index is 10.3. The number of ether oxygens (including phenoxy) is 1. The van der Waals surface area contributed by atoms with Crippen molar-refractivity contribution in [1.82, 2.24) is 5.32 Å². The van der Waals surface area contributed by atoms with Gasteiger partial charge < -0.3 is 20.1 Å². The summed E-state index contributed by atoms with van der Waals surface area (Å²) in [4.78, 5) is 2.28. The van der Waals surface area contributed by atoms with E-state index in [0.29, 0.717) is 5.75 Å². The number of phenolic OH excluding ortho intramolecular Hbond substituents is 1. The Bertz CT molecular complexity index is 415. The van der Waals surface area contributed by atoms with Crippen LogP contribution in [0.15, 0.2) is 18.2 Å². The van der Waals surface area contributed by atoms with Crippen molar-refractivity contribution in [3.63, 3.8) is 0 Å². The van der Waals surface area contributed by atoms with Crippen molar-refractivity contribution in [1.29, 1.82) is 0 Å². The van der Waals surface area contributed by atoms with Gasteiger partial charge in [0.15, 0.2) is 0 Å². The number of rotatable bonds is 5. The third-order valence-corrected chi connectivity index (χ3v) is 3.77. The van der Waals surface area contributed by atoms with Gasteiger partial charge in [0.2, 0.25) is 0 Å². The summed E-state index contributed by atoms with van der Waals surface area (Å²) < 4.78 is 5.47. The second-order valence-corrected chi connectivity index (χ2v) is 5.37. The lowest BCUT2D eigenvalue weighted by atomic mass is 10.1. The SMILES string of the molecule is CCCNC(C)c1ccc(N2CCCOCC2)cc1O. The van der Waals surface area contributed by atoms with Crippen LogP contribution in [0.3, 0.4) is 0 Å². The zero-order valence-electron chi connectivity index (χ0n) is 12.6. The van der Waals surface area contributed by atoms with Crippen LogP contribution in [0.25, 0.3) is 0 Å². The highest BCUT2D eigenvalue weighted by atomic mass is 16.5. The minimum Gasteiger partial charge on any atom is -0.508 e. The standard InChI is InChI=1S/C16H26N2O2/c1-3-7-17-13(2)15-6-5-14(12-16(15)19)18-8-4-10-20-11-9-18/h5-6,12-13,17,19H,3-4,7-11H2,1-2H3. The van der Waals surface area contributed by atoms with Crippen molar-refractivity contribution in [3.8, 4) is 5.75 Å². The van der Waals surface area contributed by atoms with E-state index in [4.69, 9.17) is 4.74 Å². The lowest BCUT2D eigenvalue weighted by molar-refractivity contribution is 0.152. The van der Waals surface area contributed by atoms with Crippen LogP contribution in [0.5, 0.6) is 5.75 Å². The first kappa shape index (κ1) is 15.1. The zero-order chi connectivity index (χ0) is 14.4. The third-order valence-electron chi connectivity index (χ3n) is 3.77. The summed E-state index contributed by atoms with van der Waals surface area (Å²) in [6, 6.07) is 6.19. The third kappa shape index (κ3) is 3.87. The number of nitrogens with one attached hydrogen (secondary N) is 1. The number of aromatic hydroxyl groups is 1. The number of hydrogen-bond donors (Lipinski definition) is 2. The Kier molecular flexibility index (Phi) is 5.68. The Morgan fingerprint density at radius 3 is 2.95 bits per heavy atom. The molecule has 0 saturated carbocycles. The van der Waals surface area contributed by atoms with Gasteiger partial charge in [-0.1, -0.05) is 13.0 Å². The molecule has 0 radical (unpaired) electrons.